The topological polar surface area (TPSA) is 72.9 Å². The fourth-order valence-corrected chi connectivity index (χ4v) is 3.74. The Labute approximate surface area is 193 Å². The van der Waals surface area contributed by atoms with Crippen LogP contribution in [0.4, 0.5) is 0 Å². The minimum atomic E-state index is -0.632. The molecule has 0 fully saturated rings. The number of ether oxygens (including phenoxy) is 2. The lowest BCUT2D eigenvalue weighted by Gasteiger charge is -2.24. The van der Waals surface area contributed by atoms with Gasteiger partial charge in [0.1, 0.15) is 11.5 Å². The Morgan fingerprint density at radius 2 is 1.73 bits per heavy atom. The molecule has 0 bridgehead atoms. The van der Waals surface area contributed by atoms with Crippen LogP contribution in [0.2, 0.25) is 0 Å². The predicted molar refractivity (Wildman–Crippen MR) is 126 cm³/mol. The molecule has 2 heterocycles. The van der Waals surface area contributed by atoms with E-state index in [-0.39, 0.29) is 6.61 Å². The molecule has 0 aliphatic rings. The molecular formula is C26H29N3O4. The molecule has 0 saturated carbocycles. The predicted octanol–water partition coefficient (Wildman–Crippen LogP) is 4.58. The number of para-hydroxylation sites is 2. The molecule has 0 spiro atoms. The Morgan fingerprint density at radius 3 is 2.39 bits per heavy atom. The first-order valence-electron chi connectivity index (χ1n) is 10.9. The summed E-state index contributed by atoms with van der Waals surface area (Å²) in [6, 6.07) is 23.4. The van der Waals surface area contributed by atoms with Gasteiger partial charge in [0.2, 0.25) is 5.88 Å². The van der Waals surface area contributed by atoms with Crippen molar-refractivity contribution in [3.05, 3.63) is 96.1 Å². The highest BCUT2D eigenvalue weighted by Crippen LogP contribution is 2.32. The third-order valence-corrected chi connectivity index (χ3v) is 5.27. The summed E-state index contributed by atoms with van der Waals surface area (Å²) < 4.78 is 18.9. The van der Waals surface area contributed by atoms with Crippen LogP contribution in [-0.2, 0) is 17.8 Å². The van der Waals surface area contributed by atoms with Crippen LogP contribution in [0.25, 0.3) is 5.69 Å². The first-order valence-corrected chi connectivity index (χ1v) is 10.9. The summed E-state index contributed by atoms with van der Waals surface area (Å²) in [7, 11) is 1.58. The van der Waals surface area contributed by atoms with E-state index in [2.05, 4.69) is 4.90 Å². The maximum Gasteiger partial charge on any atom is 0.227 e. The minimum absolute atomic E-state index is 0.254. The lowest BCUT2D eigenvalue weighted by molar-refractivity contribution is 0.0321. The molecule has 0 saturated heterocycles. The highest BCUT2D eigenvalue weighted by molar-refractivity contribution is 5.43. The summed E-state index contributed by atoms with van der Waals surface area (Å²) in [5.74, 6) is 2.20. The first kappa shape index (κ1) is 22.8. The summed E-state index contributed by atoms with van der Waals surface area (Å²) in [4.78, 5) is 2.11. The monoisotopic (exact) mass is 447 g/mol. The van der Waals surface area contributed by atoms with Gasteiger partial charge in [-0.25, -0.2) is 4.68 Å². The Balaban J connectivity index is 1.70. The number of methoxy groups -OCH3 is 1. The van der Waals surface area contributed by atoms with E-state index in [0.717, 1.165) is 28.5 Å². The zero-order chi connectivity index (χ0) is 23.0. The fraction of sp³-hybridized carbons (Fsp3) is 0.269. The van der Waals surface area contributed by atoms with Crippen LogP contribution < -0.4 is 4.74 Å². The van der Waals surface area contributed by atoms with Crippen molar-refractivity contribution in [1.82, 2.24) is 14.7 Å². The minimum Gasteiger partial charge on any atom is -0.468 e. The molecule has 0 unspecified atom stereocenters. The van der Waals surface area contributed by atoms with E-state index in [1.165, 1.54) is 0 Å². The van der Waals surface area contributed by atoms with E-state index < -0.39 is 6.10 Å². The van der Waals surface area contributed by atoms with Crippen molar-refractivity contribution in [1.29, 1.82) is 0 Å². The van der Waals surface area contributed by atoms with E-state index in [1.54, 1.807) is 13.4 Å². The Hall–Kier alpha value is -3.39. The van der Waals surface area contributed by atoms with Crippen LogP contribution in [-0.4, -0.2) is 46.2 Å². The number of aliphatic hydroxyl groups is 1. The zero-order valence-corrected chi connectivity index (χ0v) is 18.9. The van der Waals surface area contributed by atoms with E-state index in [0.29, 0.717) is 25.5 Å². The number of rotatable bonds is 11. The number of aryl methyl sites for hydroxylation is 1. The second-order valence-electron chi connectivity index (χ2n) is 7.89. The molecule has 172 valence electrons. The third-order valence-electron chi connectivity index (χ3n) is 5.27. The van der Waals surface area contributed by atoms with Gasteiger partial charge in [-0.2, -0.15) is 5.10 Å². The van der Waals surface area contributed by atoms with Crippen LogP contribution in [0.15, 0.2) is 83.5 Å². The average molecular weight is 448 g/mol. The molecule has 2 aromatic carbocycles. The molecule has 0 aliphatic heterocycles. The maximum atomic E-state index is 10.4. The summed E-state index contributed by atoms with van der Waals surface area (Å²) in [6.07, 6.45) is 1.02. The summed E-state index contributed by atoms with van der Waals surface area (Å²) >= 11 is 0. The molecule has 7 heteroatoms. The van der Waals surface area contributed by atoms with Gasteiger partial charge in [0.25, 0.3) is 0 Å². The number of hydrogen-bond acceptors (Lipinski definition) is 6. The quantitative estimate of drug-likeness (QED) is 0.363. The van der Waals surface area contributed by atoms with Gasteiger partial charge in [0, 0.05) is 20.2 Å². The number of aromatic nitrogens is 2. The van der Waals surface area contributed by atoms with Crippen LogP contribution in [0.1, 0.15) is 17.0 Å². The Kier molecular flexibility index (Phi) is 7.57. The Bertz CT molecular complexity index is 1110. The fourth-order valence-electron chi connectivity index (χ4n) is 3.74. The number of hydrogen-bond donors (Lipinski definition) is 1. The number of benzene rings is 2. The SMILES string of the molecule is COC[C@H](O)CN(Cc1ccco1)Cc1c(C)nn(-c2ccccc2)c1Oc1ccccc1. The number of nitrogens with zero attached hydrogens (tertiary/aromatic N) is 3. The zero-order valence-electron chi connectivity index (χ0n) is 18.9. The van der Waals surface area contributed by atoms with Crippen molar-refractivity contribution in [2.75, 3.05) is 20.3 Å². The lowest BCUT2D eigenvalue weighted by Crippen LogP contribution is -2.34. The molecule has 2 aromatic heterocycles. The third kappa shape index (κ3) is 5.90. The highest BCUT2D eigenvalue weighted by atomic mass is 16.5. The van der Waals surface area contributed by atoms with Crippen LogP contribution in [0, 0.1) is 6.92 Å². The van der Waals surface area contributed by atoms with Crippen LogP contribution >= 0.6 is 0 Å². The maximum absolute atomic E-state index is 10.4. The molecular weight excluding hydrogens is 418 g/mol. The molecule has 4 rings (SSSR count). The second kappa shape index (κ2) is 11.0. The molecule has 0 amide bonds. The van der Waals surface area contributed by atoms with Gasteiger partial charge in [0.05, 0.1) is 42.5 Å². The van der Waals surface area contributed by atoms with Gasteiger partial charge in [-0.15, -0.1) is 0 Å². The first-order chi connectivity index (χ1) is 16.1. The summed E-state index contributed by atoms with van der Waals surface area (Å²) in [5, 5.41) is 15.2. The summed E-state index contributed by atoms with van der Waals surface area (Å²) in [5.41, 5.74) is 2.71. The number of aliphatic hydroxyl groups excluding tert-OH is 1. The van der Waals surface area contributed by atoms with E-state index >= 15 is 0 Å². The lowest BCUT2D eigenvalue weighted by atomic mass is 10.2. The van der Waals surface area contributed by atoms with Crippen LogP contribution in [0.5, 0.6) is 11.6 Å². The van der Waals surface area contributed by atoms with E-state index in [9.17, 15) is 5.11 Å². The van der Waals surface area contributed by atoms with Crippen molar-refractivity contribution in [2.24, 2.45) is 0 Å². The molecule has 4 aromatic rings. The van der Waals surface area contributed by atoms with E-state index in [4.69, 9.17) is 19.0 Å². The summed E-state index contributed by atoms with van der Waals surface area (Å²) in [6.45, 7) is 3.69. The van der Waals surface area contributed by atoms with Gasteiger partial charge in [0.15, 0.2) is 0 Å². The molecule has 0 aliphatic carbocycles. The van der Waals surface area contributed by atoms with Crippen molar-refractivity contribution in [3.8, 4) is 17.3 Å². The van der Waals surface area contributed by atoms with Crippen molar-refractivity contribution >= 4 is 0 Å². The van der Waals surface area contributed by atoms with Crippen molar-refractivity contribution in [2.45, 2.75) is 26.1 Å². The Morgan fingerprint density at radius 1 is 1.00 bits per heavy atom. The van der Waals surface area contributed by atoms with Gasteiger partial charge in [-0.1, -0.05) is 36.4 Å². The van der Waals surface area contributed by atoms with Gasteiger partial charge < -0.3 is 19.0 Å². The molecule has 1 N–H and O–H groups in total. The van der Waals surface area contributed by atoms with Gasteiger partial charge >= 0.3 is 0 Å². The molecule has 1 atom stereocenters. The van der Waals surface area contributed by atoms with Crippen molar-refractivity contribution < 1.29 is 19.0 Å². The smallest absolute Gasteiger partial charge is 0.227 e. The van der Waals surface area contributed by atoms with Gasteiger partial charge in [-0.05, 0) is 43.3 Å². The largest absolute Gasteiger partial charge is 0.468 e. The molecule has 0 radical (unpaired) electrons. The van der Waals surface area contributed by atoms with Gasteiger partial charge in [-0.3, -0.25) is 4.90 Å². The highest BCUT2D eigenvalue weighted by Gasteiger charge is 2.23. The van der Waals surface area contributed by atoms with E-state index in [1.807, 2.05) is 84.4 Å². The van der Waals surface area contributed by atoms with Crippen molar-refractivity contribution in [3.63, 3.8) is 0 Å². The average Bonchev–Trinajstić information content (AvgIpc) is 3.44. The molecule has 33 heavy (non-hydrogen) atoms. The number of furan rings is 1. The molecule has 7 nitrogen and oxygen atoms in total. The normalized spacial score (nSPS) is 12.2. The van der Waals surface area contributed by atoms with Crippen LogP contribution in [0.3, 0.4) is 0 Å². The second-order valence-corrected chi connectivity index (χ2v) is 7.89. The standard InChI is InChI=1S/C26H29N3O4/c1-20-25(18-28(16-22(30)19-31-2)17-24-14-9-15-32-24)26(33-23-12-7-4-8-13-23)29(27-20)21-10-5-3-6-11-21/h3-15,22,30H,16-19H2,1-2H3/t22-/m1/s1.